The Morgan fingerprint density at radius 1 is 1.12 bits per heavy atom. The van der Waals surface area contributed by atoms with Crippen LogP contribution in [0, 0.1) is 6.92 Å². The van der Waals surface area contributed by atoms with Crippen molar-refractivity contribution in [2.24, 2.45) is 15.0 Å². The van der Waals surface area contributed by atoms with E-state index in [1.807, 2.05) is 33.0 Å². The van der Waals surface area contributed by atoms with Crippen molar-refractivity contribution in [2.45, 2.75) is 77.4 Å². The van der Waals surface area contributed by atoms with E-state index in [9.17, 15) is 5.11 Å². The van der Waals surface area contributed by atoms with Gasteiger partial charge in [-0.05, 0) is 124 Å². The summed E-state index contributed by atoms with van der Waals surface area (Å²) in [7, 11) is 2.05. The van der Waals surface area contributed by atoms with E-state index in [2.05, 4.69) is 48.4 Å². The SMILES string of the molecule is C=NC(=NC(=C(C)C)/C(F)=C(\N=C)c1c(C)ccc2[nH]ncc12)OCC12CCCN1CCC2.CN1CCCC(C)(O)C1. The summed E-state index contributed by atoms with van der Waals surface area (Å²) in [5.41, 5.74) is 2.78. The monoisotopic (exact) mass is 579 g/mol. The van der Waals surface area contributed by atoms with E-state index in [-0.39, 0.29) is 23.0 Å². The number of aliphatic imine (C=N–C) groups is 3. The normalized spacial score (nSPS) is 23.1. The van der Waals surface area contributed by atoms with Crippen molar-refractivity contribution in [3.63, 3.8) is 0 Å². The Morgan fingerprint density at radius 3 is 2.38 bits per heavy atom. The molecule has 0 radical (unpaired) electrons. The van der Waals surface area contributed by atoms with Crippen LogP contribution in [0.1, 0.15) is 70.4 Å². The zero-order chi connectivity index (χ0) is 30.5. The number of aliphatic hydroxyl groups is 1. The number of aromatic amines is 1. The molecule has 228 valence electrons. The molecule has 3 aliphatic heterocycles. The van der Waals surface area contributed by atoms with Gasteiger partial charge in [0, 0.05) is 17.5 Å². The molecule has 1 unspecified atom stereocenters. The average molecular weight is 580 g/mol. The van der Waals surface area contributed by atoms with Gasteiger partial charge in [0.25, 0.3) is 0 Å². The van der Waals surface area contributed by atoms with Crippen molar-refractivity contribution >= 4 is 36.1 Å². The first-order valence-corrected chi connectivity index (χ1v) is 14.8. The maximum absolute atomic E-state index is 16.0. The number of nitrogens with zero attached hydrogens (tertiary/aromatic N) is 6. The molecule has 9 nitrogen and oxygen atoms in total. The summed E-state index contributed by atoms with van der Waals surface area (Å²) in [4.78, 5) is 17.1. The third-order valence-corrected chi connectivity index (χ3v) is 8.61. The van der Waals surface area contributed by atoms with Crippen LogP contribution in [0.2, 0.25) is 0 Å². The number of hydrogen-bond donors (Lipinski definition) is 2. The van der Waals surface area contributed by atoms with E-state index in [4.69, 9.17) is 4.74 Å². The van der Waals surface area contributed by atoms with Crippen LogP contribution in [0.25, 0.3) is 16.6 Å². The lowest BCUT2D eigenvalue weighted by molar-refractivity contribution is -0.00684. The number of H-pyrrole nitrogens is 1. The fourth-order valence-electron chi connectivity index (χ4n) is 6.53. The summed E-state index contributed by atoms with van der Waals surface area (Å²) >= 11 is 0. The molecular formula is C32H46FN7O2. The molecule has 5 rings (SSSR count). The standard InChI is InChI=1S/C25H31FN6O.C7H15NO/c1-16(2)22(30-24(28-5)33-15-25-10-6-12-32(25)13-7-11-25)21(26)23(27-4)20-17(3)8-9-19-18(20)14-29-31-19;1-7(9)4-3-5-8(2)6-7/h8-9,14H,4-7,10-13,15H2,1-3H3,(H,29,31);9H,3-6H2,1-2H3/b23-21+,30-24?;. The van der Waals surface area contributed by atoms with Crippen molar-refractivity contribution in [3.05, 3.63) is 46.6 Å². The molecule has 0 bridgehead atoms. The van der Waals surface area contributed by atoms with E-state index < -0.39 is 11.4 Å². The lowest BCUT2D eigenvalue weighted by Gasteiger charge is -2.34. The quantitative estimate of drug-likeness (QED) is 0.261. The molecule has 2 aromatic rings. The largest absolute Gasteiger partial charge is 0.461 e. The Kier molecular flexibility index (Phi) is 10.1. The van der Waals surface area contributed by atoms with Gasteiger partial charge in [0.2, 0.25) is 0 Å². The minimum absolute atomic E-state index is 0.0346. The number of amidine groups is 1. The minimum Gasteiger partial charge on any atom is -0.461 e. The fraction of sp³-hybridized carbons (Fsp3) is 0.562. The maximum Gasteiger partial charge on any atom is 0.316 e. The first-order valence-electron chi connectivity index (χ1n) is 14.8. The van der Waals surface area contributed by atoms with Gasteiger partial charge in [-0.25, -0.2) is 9.38 Å². The zero-order valence-corrected chi connectivity index (χ0v) is 25.8. The van der Waals surface area contributed by atoms with Crippen LogP contribution in [0.4, 0.5) is 4.39 Å². The summed E-state index contributed by atoms with van der Waals surface area (Å²) in [6, 6.07) is 3.87. The molecule has 3 aliphatic rings. The van der Waals surface area contributed by atoms with Gasteiger partial charge < -0.3 is 14.7 Å². The van der Waals surface area contributed by atoms with Crippen molar-refractivity contribution in [2.75, 3.05) is 39.8 Å². The molecule has 2 N–H and O–H groups in total. The molecule has 1 aromatic heterocycles. The lowest BCUT2D eigenvalue weighted by atomic mass is 9.95. The molecule has 4 heterocycles. The van der Waals surface area contributed by atoms with Crippen molar-refractivity contribution < 1.29 is 14.2 Å². The minimum atomic E-state index is -0.590. The van der Waals surface area contributed by atoms with Gasteiger partial charge in [0.15, 0.2) is 5.83 Å². The van der Waals surface area contributed by atoms with Gasteiger partial charge in [-0.3, -0.25) is 15.0 Å². The van der Waals surface area contributed by atoms with E-state index in [0.717, 1.165) is 68.3 Å². The molecule has 42 heavy (non-hydrogen) atoms. The Hall–Kier alpha value is -3.21. The summed E-state index contributed by atoms with van der Waals surface area (Å²) < 4.78 is 22.0. The van der Waals surface area contributed by atoms with Crippen molar-refractivity contribution in [3.8, 4) is 0 Å². The van der Waals surface area contributed by atoms with E-state index >= 15 is 4.39 Å². The third-order valence-electron chi connectivity index (χ3n) is 8.61. The van der Waals surface area contributed by atoms with Crippen molar-refractivity contribution in [1.29, 1.82) is 0 Å². The lowest BCUT2D eigenvalue weighted by Crippen LogP contribution is -2.43. The highest BCUT2D eigenvalue weighted by atomic mass is 19.1. The van der Waals surface area contributed by atoms with Crippen LogP contribution in [0.15, 0.2) is 50.4 Å². The molecule has 0 saturated carbocycles. The number of nitrogens with one attached hydrogen (secondary N) is 1. The maximum atomic E-state index is 16.0. The zero-order valence-electron chi connectivity index (χ0n) is 25.8. The molecular weight excluding hydrogens is 533 g/mol. The first-order chi connectivity index (χ1) is 20.0. The number of fused-ring (bicyclic) bond motifs is 2. The Labute approximate surface area is 249 Å². The van der Waals surface area contributed by atoms with Crippen LogP contribution < -0.4 is 0 Å². The summed E-state index contributed by atoms with van der Waals surface area (Å²) in [5.74, 6) is -0.590. The molecule has 0 spiro atoms. The van der Waals surface area contributed by atoms with E-state index in [0.29, 0.717) is 17.7 Å². The van der Waals surface area contributed by atoms with Crippen LogP contribution in [-0.2, 0) is 4.74 Å². The molecule has 10 heteroatoms. The number of rotatable bonds is 6. The van der Waals surface area contributed by atoms with Crippen molar-refractivity contribution in [1.82, 2.24) is 20.0 Å². The summed E-state index contributed by atoms with van der Waals surface area (Å²) in [6.45, 7) is 19.3. The van der Waals surface area contributed by atoms with E-state index in [1.165, 1.54) is 12.8 Å². The van der Waals surface area contributed by atoms with Crippen LogP contribution in [0.5, 0.6) is 0 Å². The van der Waals surface area contributed by atoms with Gasteiger partial charge in [-0.1, -0.05) is 6.07 Å². The molecule has 3 fully saturated rings. The number of allylic oxidation sites excluding steroid dienone is 2. The fourth-order valence-corrected chi connectivity index (χ4v) is 6.53. The number of aryl methyl sites for hydroxylation is 1. The van der Waals surface area contributed by atoms with Crippen LogP contribution in [-0.4, -0.2) is 95.5 Å². The number of likely N-dealkylation sites (tertiary alicyclic amines) is 1. The number of piperidine rings is 1. The van der Waals surface area contributed by atoms with Gasteiger partial charge >= 0.3 is 6.02 Å². The van der Waals surface area contributed by atoms with Crippen LogP contribution in [0.3, 0.4) is 0 Å². The molecule has 0 aliphatic carbocycles. The number of likely N-dealkylation sites (N-methyl/N-ethyl adjacent to an activating group) is 1. The number of aromatic nitrogens is 2. The number of β-amino-alcohol motifs (C(OH)–C–C–N with tert-alkyl or cyclic N) is 1. The Bertz CT molecular complexity index is 1380. The predicted molar refractivity (Wildman–Crippen MR) is 170 cm³/mol. The van der Waals surface area contributed by atoms with Gasteiger partial charge in [0.05, 0.1) is 22.9 Å². The molecule has 1 aromatic carbocycles. The smallest absolute Gasteiger partial charge is 0.316 e. The van der Waals surface area contributed by atoms with Gasteiger partial charge in [-0.15, -0.1) is 0 Å². The highest BCUT2D eigenvalue weighted by Crippen LogP contribution is 2.39. The highest BCUT2D eigenvalue weighted by molar-refractivity contribution is 5.94. The third kappa shape index (κ3) is 7.04. The second-order valence-corrected chi connectivity index (χ2v) is 12.4. The second-order valence-electron chi connectivity index (χ2n) is 12.4. The Morgan fingerprint density at radius 2 is 1.81 bits per heavy atom. The van der Waals surface area contributed by atoms with Gasteiger partial charge in [-0.2, -0.15) is 10.1 Å². The molecule has 1 atom stereocenters. The molecule has 3 saturated heterocycles. The first kappa shape index (κ1) is 31.7. The second kappa shape index (κ2) is 13.4. The van der Waals surface area contributed by atoms with Gasteiger partial charge in [0.1, 0.15) is 18.0 Å². The predicted octanol–water partition coefficient (Wildman–Crippen LogP) is 5.67. The van der Waals surface area contributed by atoms with E-state index in [1.54, 1.807) is 20.0 Å². The van der Waals surface area contributed by atoms with Crippen LogP contribution >= 0.6 is 0 Å². The summed E-state index contributed by atoms with van der Waals surface area (Å²) in [5, 5.41) is 17.3. The Balaban J connectivity index is 0.000000385. The number of halogens is 1. The summed E-state index contributed by atoms with van der Waals surface area (Å²) in [6.07, 6.45) is 8.28. The topological polar surface area (TPSA) is 102 Å². The number of hydrogen-bond acceptors (Lipinski definition) is 7. The number of benzene rings is 1. The highest BCUT2D eigenvalue weighted by Gasteiger charge is 2.45. The number of ether oxygens (including phenoxy) is 1. The molecule has 0 amide bonds. The average Bonchev–Trinajstić information content (AvgIpc) is 3.66.